The summed E-state index contributed by atoms with van der Waals surface area (Å²) in [5.41, 5.74) is 7.34. The Hall–Kier alpha value is -2.20. The molecule has 0 atom stereocenters. The molecule has 152 valence electrons. The van der Waals surface area contributed by atoms with Crippen LogP contribution in [0.15, 0.2) is 47.5 Å². The van der Waals surface area contributed by atoms with E-state index in [0.29, 0.717) is 47.7 Å². The lowest BCUT2D eigenvalue weighted by molar-refractivity contribution is 0.0954. The molecule has 0 aromatic heterocycles. The molecule has 0 aliphatic rings. The number of carbonyl (C=O) groups is 1. The number of ether oxygens (including phenoxy) is 2. The van der Waals surface area contributed by atoms with Gasteiger partial charge >= 0.3 is 0 Å². The normalized spacial score (nSPS) is 10.6. The van der Waals surface area contributed by atoms with Crippen molar-refractivity contribution in [1.82, 2.24) is 10.6 Å². The van der Waals surface area contributed by atoms with Crippen LogP contribution in [0.2, 0.25) is 5.02 Å². The van der Waals surface area contributed by atoms with E-state index in [1.165, 1.54) is 0 Å². The largest absolute Gasteiger partial charge is 0.493 e. The molecule has 0 heterocycles. The van der Waals surface area contributed by atoms with E-state index in [-0.39, 0.29) is 29.9 Å². The number of nitrogens with one attached hydrogen (secondary N) is 2. The number of methoxy groups -OCH3 is 2. The highest BCUT2D eigenvalue weighted by Gasteiger charge is 2.05. The second-order valence-corrected chi connectivity index (χ2v) is 6.02. The van der Waals surface area contributed by atoms with Gasteiger partial charge in [-0.3, -0.25) is 4.79 Å². The minimum Gasteiger partial charge on any atom is -0.493 e. The van der Waals surface area contributed by atoms with Crippen LogP contribution in [-0.2, 0) is 6.54 Å². The Morgan fingerprint density at radius 2 is 1.68 bits per heavy atom. The molecule has 9 heteroatoms. The zero-order valence-electron chi connectivity index (χ0n) is 15.7. The summed E-state index contributed by atoms with van der Waals surface area (Å²) in [5.74, 6) is 1.43. The lowest BCUT2D eigenvalue weighted by atomic mass is 10.2. The first-order valence-electron chi connectivity index (χ1n) is 8.32. The Kier molecular flexibility index (Phi) is 10.5. The van der Waals surface area contributed by atoms with Gasteiger partial charge in [-0.15, -0.1) is 24.0 Å². The highest BCUT2D eigenvalue weighted by Crippen LogP contribution is 2.27. The van der Waals surface area contributed by atoms with Gasteiger partial charge in [0.2, 0.25) is 0 Å². The molecule has 0 saturated heterocycles. The van der Waals surface area contributed by atoms with Gasteiger partial charge < -0.3 is 25.8 Å². The van der Waals surface area contributed by atoms with Gasteiger partial charge in [0.05, 0.1) is 20.8 Å². The predicted molar refractivity (Wildman–Crippen MR) is 122 cm³/mol. The molecule has 0 spiro atoms. The topological polar surface area (TPSA) is 98.0 Å². The monoisotopic (exact) mass is 518 g/mol. The van der Waals surface area contributed by atoms with Crippen molar-refractivity contribution in [2.75, 3.05) is 27.3 Å². The van der Waals surface area contributed by atoms with E-state index in [1.807, 2.05) is 18.2 Å². The van der Waals surface area contributed by atoms with Crippen LogP contribution in [-0.4, -0.2) is 39.2 Å². The minimum atomic E-state index is -0.172. The Morgan fingerprint density at radius 3 is 2.32 bits per heavy atom. The smallest absolute Gasteiger partial charge is 0.251 e. The molecule has 0 bridgehead atoms. The van der Waals surface area contributed by atoms with Gasteiger partial charge in [0.25, 0.3) is 5.91 Å². The van der Waals surface area contributed by atoms with Crippen molar-refractivity contribution in [2.45, 2.75) is 6.54 Å². The van der Waals surface area contributed by atoms with Crippen molar-refractivity contribution < 1.29 is 14.3 Å². The van der Waals surface area contributed by atoms with E-state index in [2.05, 4.69) is 15.6 Å². The Balaban J connectivity index is 0.00000392. The Morgan fingerprint density at radius 1 is 1.04 bits per heavy atom. The van der Waals surface area contributed by atoms with Gasteiger partial charge in [-0.2, -0.15) is 0 Å². The third kappa shape index (κ3) is 7.43. The van der Waals surface area contributed by atoms with Gasteiger partial charge in [0.1, 0.15) is 0 Å². The Bertz CT molecular complexity index is 800. The maximum atomic E-state index is 12.0. The first-order valence-corrected chi connectivity index (χ1v) is 8.69. The molecule has 0 radical (unpaired) electrons. The highest BCUT2D eigenvalue weighted by molar-refractivity contribution is 14.0. The Labute approximate surface area is 186 Å². The van der Waals surface area contributed by atoms with E-state index in [4.69, 9.17) is 26.8 Å². The summed E-state index contributed by atoms with van der Waals surface area (Å²) < 4.78 is 10.5. The van der Waals surface area contributed by atoms with Gasteiger partial charge in [-0.05, 0) is 42.0 Å². The molecule has 1 amide bonds. The van der Waals surface area contributed by atoms with Crippen LogP contribution >= 0.6 is 35.6 Å². The number of amides is 1. The minimum absolute atomic E-state index is 0. The van der Waals surface area contributed by atoms with E-state index in [9.17, 15) is 4.79 Å². The summed E-state index contributed by atoms with van der Waals surface area (Å²) in [6.45, 7) is 1.27. The van der Waals surface area contributed by atoms with Crippen molar-refractivity contribution in [2.24, 2.45) is 10.7 Å². The van der Waals surface area contributed by atoms with E-state index in [1.54, 1.807) is 38.5 Å². The number of nitrogens with two attached hydrogens (primary N) is 1. The third-order valence-corrected chi connectivity index (χ3v) is 3.95. The number of benzene rings is 2. The third-order valence-electron chi connectivity index (χ3n) is 3.70. The maximum Gasteiger partial charge on any atom is 0.251 e. The van der Waals surface area contributed by atoms with Crippen LogP contribution in [0, 0.1) is 0 Å². The van der Waals surface area contributed by atoms with Crippen molar-refractivity contribution >= 4 is 47.4 Å². The van der Waals surface area contributed by atoms with Crippen LogP contribution in [0.3, 0.4) is 0 Å². The molecule has 28 heavy (non-hydrogen) atoms. The van der Waals surface area contributed by atoms with Crippen LogP contribution in [0.4, 0.5) is 0 Å². The van der Waals surface area contributed by atoms with Crippen molar-refractivity contribution in [1.29, 1.82) is 0 Å². The van der Waals surface area contributed by atoms with Gasteiger partial charge in [0, 0.05) is 23.7 Å². The maximum absolute atomic E-state index is 12.0. The summed E-state index contributed by atoms with van der Waals surface area (Å²) in [6.07, 6.45) is 0. The molecule has 2 aromatic rings. The number of carbonyl (C=O) groups excluding carboxylic acids is 1. The second kappa shape index (κ2) is 12.3. The highest BCUT2D eigenvalue weighted by atomic mass is 127. The zero-order valence-corrected chi connectivity index (χ0v) is 18.8. The molecule has 0 saturated carbocycles. The first kappa shape index (κ1) is 23.8. The van der Waals surface area contributed by atoms with E-state index in [0.717, 1.165) is 5.56 Å². The number of aliphatic imine (C=N–C) groups is 1. The number of nitrogens with zero attached hydrogens (tertiary/aromatic N) is 1. The molecule has 2 aromatic carbocycles. The summed E-state index contributed by atoms with van der Waals surface area (Å²) in [6, 6.07) is 12.3. The SMILES string of the molecule is COc1ccc(CN=C(N)NCCNC(=O)c2ccc(Cl)cc2)cc1OC.I. The van der Waals surface area contributed by atoms with Crippen LogP contribution in [0.1, 0.15) is 15.9 Å². The predicted octanol–water partition coefficient (Wildman–Crippen LogP) is 2.81. The molecule has 0 unspecified atom stereocenters. The molecule has 0 fully saturated rings. The number of hydrogen-bond acceptors (Lipinski definition) is 4. The fourth-order valence-corrected chi connectivity index (χ4v) is 2.41. The van der Waals surface area contributed by atoms with E-state index < -0.39 is 0 Å². The number of hydrogen-bond donors (Lipinski definition) is 3. The van der Waals surface area contributed by atoms with Gasteiger partial charge in [-0.25, -0.2) is 4.99 Å². The molecule has 4 N–H and O–H groups in total. The lowest BCUT2D eigenvalue weighted by Crippen LogP contribution is -2.38. The quantitative estimate of drug-likeness (QED) is 0.216. The zero-order chi connectivity index (χ0) is 19.6. The average Bonchev–Trinajstić information content (AvgIpc) is 2.69. The van der Waals surface area contributed by atoms with Crippen molar-refractivity contribution in [3.8, 4) is 11.5 Å². The molecule has 0 aliphatic carbocycles. The van der Waals surface area contributed by atoms with Crippen LogP contribution in [0.5, 0.6) is 11.5 Å². The van der Waals surface area contributed by atoms with Crippen molar-refractivity contribution in [3.05, 3.63) is 58.6 Å². The average molecular weight is 519 g/mol. The lowest BCUT2D eigenvalue weighted by Gasteiger charge is -2.09. The van der Waals surface area contributed by atoms with Crippen LogP contribution < -0.4 is 25.8 Å². The van der Waals surface area contributed by atoms with Crippen molar-refractivity contribution in [3.63, 3.8) is 0 Å². The summed E-state index contributed by atoms with van der Waals surface area (Å²) in [7, 11) is 3.17. The summed E-state index contributed by atoms with van der Waals surface area (Å²) in [4.78, 5) is 16.2. The molecular formula is C19H24ClIN4O3. The molecule has 7 nitrogen and oxygen atoms in total. The standard InChI is InChI=1S/C19H23ClN4O3.HI/c1-26-16-8-3-13(11-17(16)27-2)12-24-19(21)23-10-9-22-18(25)14-4-6-15(20)7-5-14;/h3-8,11H,9-10,12H2,1-2H3,(H,22,25)(H3,21,23,24);1H. The van der Waals surface area contributed by atoms with Gasteiger partial charge in [0.15, 0.2) is 17.5 Å². The number of guanidine groups is 1. The number of rotatable bonds is 8. The molecule has 0 aliphatic heterocycles. The number of halogens is 2. The molecular weight excluding hydrogens is 495 g/mol. The second-order valence-electron chi connectivity index (χ2n) is 5.58. The van der Waals surface area contributed by atoms with Gasteiger partial charge in [-0.1, -0.05) is 17.7 Å². The van der Waals surface area contributed by atoms with E-state index >= 15 is 0 Å². The van der Waals surface area contributed by atoms with Crippen LogP contribution in [0.25, 0.3) is 0 Å². The fraction of sp³-hybridized carbons (Fsp3) is 0.263. The molecule has 2 rings (SSSR count). The first-order chi connectivity index (χ1) is 13.0. The fourth-order valence-electron chi connectivity index (χ4n) is 2.28. The summed E-state index contributed by atoms with van der Waals surface area (Å²) >= 11 is 5.80. The summed E-state index contributed by atoms with van der Waals surface area (Å²) in [5, 5.41) is 6.34.